The summed E-state index contributed by atoms with van der Waals surface area (Å²) in [4.78, 5) is 40.0. The van der Waals surface area contributed by atoms with Crippen LogP contribution in [0, 0.1) is 0 Å². The summed E-state index contributed by atoms with van der Waals surface area (Å²) < 4.78 is 40.3. The molecule has 3 heterocycles. The van der Waals surface area contributed by atoms with Crippen LogP contribution in [0.15, 0.2) is 42.9 Å². The minimum absolute atomic E-state index is 0.0333. The van der Waals surface area contributed by atoms with Gasteiger partial charge in [-0.1, -0.05) is 17.7 Å². The molecule has 13 heteroatoms. The smallest absolute Gasteiger partial charge is 0.332 e. The summed E-state index contributed by atoms with van der Waals surface area (Å²) in [7, 11) is 0. The van der Waals surface area contributed by atoms with E-state index < -0.39 is 35.0 Å². The van der Waals surface area contributed by atoms with Crippen molar-refractivity contribution >= 4 is 23.4 Å². The summed E-state index contributed by atoms with van der Waals surface area (Å²) in [5.74, 6) is -1.76. The van der Waals surface area contributed by atoms with Crippen molar-refractivity contribution in [3.63, 3.8) is 0 Å². The second kappa shape index (κ2) is 8.67. The molecule has 2 amide bonds. The van der Waals surface area contributed by atoms with E-state index in [0.717, 1.165) is 6.20 Å². The molecule has 0 aliphatic carbocycles. The van der Waals surface area contributed by atoms with E-state index >= 15 is 0 Å². The number of carbonyl (C=O) groups excluding carboxylic acids is 2. The lowest BCUT2D eigenvalue weighted by molar-refractivity contribution is -0.141. The van der Waals surface area contributed by atoms with Gasteiger partial charge in [-0.15, -0.1) is 5.10 Å². The first-order valence-corrected chi connectivity index (χ1v) is 10.5. The number of alkyl halides is 3. The van der Waals surface area contributed by atoms with Gasteiger partial charge in [-0.2, -0.15) is 13.2 Å². The third-order valence-corrected chi connectivity index (χ3v) is 5.56. The molecular weight excluding hydrogens is 475 g/mol. The molecule has 1 saturated heterocycles. The van der Waals surface area contributed by atoms with Crippen molar-refractivity contribution in [1.82, 2.24) is 34.5 Å². The molecule has 1 aliphatic rings. The molecule has 4 rings (SSSR count). The van der Waals surface area contributed by atoms with Gasteiger partial charge >= 0.3 is 6.18 Å². The SMILES string of the molecule is CC1(C)CN(C(=O)c2nccc(C(F)(F)F)n2)CCN1C(=O)c1ncn(-c2cccc(Cl)c2)n1. The number of amides is 2. The fourth-order valence-electron chi connectivity index (χ4n) is 3.69. The predicted octanol–water partition coefficient (Wildman–Crippen LogP) is 3.11. The molecule has 1 aliphatic heterocycles. The monoisotopic (exact) mass is 493 g/mol. The van der Waals surface area contributed by atoms with Crippen molar-refractivity contribution < 1.29 is 22.8 Å². The molecule has 1 fully saturated rings. The molecule has 34 heavy (non-hydrogen) atoms. The Morgan fingerprint density at radius 3 is 2.50 bits per heavy atom. The van der Waals surface area contributed by atoms with E-state index in [2.05, 4.69) is 20.1 Å². The Morgan fingerprint density at radius 1 is 1.06 bits per heavy atom. The predicted molar refractivity (Wildman–Crippen MR) is 114 cm³/mol. The van der Waals surface area contributed by atoms with E-state index in [4.69, 9.17) is 11.6 Å². The van der Waals surface area contributed by atoms with E-state index in [1.54, 1.807) is 38.1 Å². The van der Waals surface area contributed by atoms with Crippen LogP contribution < -0.4 is 0 Å². The molecule has 0 spiro atoms. The van der Waals surface area contributed by atoms with Gasteiger partial charge in [0.1, 0.15) is 12.0 Å². The fraction of sp³-hybridized carbons (Fsp3) is 0.333. The number of benzene rings is 1. The van der Waals surface area contributed by atoms with Crippen LogP contribution in [0.25, 0.3) is 5.69 Å². The second-order valence-electron chi connectivity index (χ2n) is 8.25. The molecule has 2 aromatic heterocycles. The summed E-state index contributed by atoms with van der Waals surface area (Å²) >= 11 is 6.00. The minimum atomic E-state index is -4.69. The highest BCUT2D eigenvalue weighted by molar-refractivity contribution is 6.30. The van der Waals surface area contributed by atoms with E-state index in [-0.39, 0.29) is 25.5 Å². The second-order valence-corrected chi connectivity index (χ2v) is 8.69. The highest BCUT2D eigenvalue weighted by Gasteiger charge is 2.41. The number of rotatable bonds is 3. The molecule has 9 nitrogen and oxygen atoms in total. The lowest BCUT2D eigenvalue weighted by Gasteiger charge is -2.46. The zero-order valence-electron chi connectivity index (χ0n) is 18.1. The van der Waals surface area contributed by atoms with Crippen LogP contribution in [-0.2, 0) is 6.18 Å². The van der Waals surface area contributed by atoms with Gasteiger partial charge < -0.3 is 9.80 Å². The summed E-state index contributed by atoms with van der Waals surface area (Å²) in [6, 6.07) is 7.59. The normalized spacial score (nSPS) is 15.9. The van der Waals surface area contributed by atoms with Crippen LogP contribution in [0.2, 0.25) is 5.02 Å². The molecule has 3 aromatic rings. The number of hydrogen-bond acceptors (Lipinski definition) is 6. The van der Waals surface area contributed by atoms with Gasteiger partial charge in [0.2, 0.25) is 11.6 Å². The van der Waals surface area contributed by atoms with Crippen LogP contribution in [-0.4, -0.2) is 71.5 Å². The van der Waals surface area contributed by atoms with E-state index in [1.807, 2.05) is 0 Å². The Labute approximate surface area is 197 Å². The number of nitrogens with zero attached hydrogens (tertiary/aromatic N) is 7. The van der Waals surface area contributed by atoms with Gasteiger partial charge in [0.05, 0.1) is 11.2 Å². The number of hydrogen-bond donors (Lipinski definition) is 0. The van der Waals surface area contributed by atoms with Gasteiger partial charge in [-0.05, 0) is 38.1 Å². The standard InChI is InChI=1S/C21H19ClF3N7O2/c1-20(2)11-30(18(33)16-26-7-6-15(28-16)21(23,24)25)8-9-31(20)19(34)17-27-12-32(29-17)14-5-3-4-13(22)10-14/h3-7,10,12H,8-9,11H2,1-2H3. The largest absolute Gasteiger partial charge is 0.433 e. The van der Waals surface area contributed by atoms with E-state index in [0.29, 0.717) is 16.8 Å². The molecule has 0 bridgehead atoms. The van der Waals surface area contributed by atoms with Crippen LogP contribution in [0.5, 0.6) is 0 Å². The van der Waals surface area contributed by atoms with E-state index in [1.165, 1.54) is 20.8 Å². The number of aromatic nitrogens is 5. The Balaban J connectivity index is 1.49. The van der Waals surface area contributed by atoms with Crippen molar-refractivity contribution in [2.75, 3.05) is 19.6 Å². The molecule has 0 radical (unpaired) electrons. The lowest BCUT2D eigenvalue weighted by atomic mass is 9.98. The van der Waals surface area contributed by atoms with Crippen LogP contribution in [0.1, 0.15) is 40.8 Å². The first-order valence-electron chi connectivity index (χ1n) is 10.1. The molecule has 0 saturated carbocycles. The van der Waals surface area contributed by atoms with Crippen molar-refractivity contribution in [2.24, 2.45) is 0 Å². The highest BCUT2D eigenvalue weighted by atomic mass is 35.5. The van der Waals surface area contributed by atoms with Gasteiger partial charge in [0.15, 0.2) is 0 Å². The van der Waals surface area contributed by atoms with Crippen molar-refractivity contribution in [1.29, 1.82) is 0 Å². The molecule has 0 atom stereocenters. The van der Waals surface area contributed by atoms with Gasteiger partial charge in [-0.25, -0.2) is 19.6 Å². The Bertz CT molecular complexity index is 1240. The first kappa shape index (κ1) is 23.6. The third-order valence-electron chi connectivity index (χ3n) is 5.33. The topological polar surface area (TPSA) is 97.1 Å². The van der Waals surface area contributed by atoms with Crippen LogP contribution in [0.4, 0.5) is 13.2 Å². The van der Waals surface area contributed by atoms with Crippen molar-refractivity contribution in [3.8, 4) is 5.69 Å². The van der Waals surface area contributed by atoms with Crippen LogP contribution in [0.3, 0.4) is 0 Å². The zero-order valence-corrected chi connectivity index (χ0v) is 18.9. The Morgan fingerprint density at radius 2 is 1.82 bits per heavy atom. The number of halogens is 4. The molecule has 0 N–H and O–H groups in total. The third kappa shape index (κ3) is 4.72. The van der Waals surface area contributed by atoms with Crippen LogP contribution >= 0.6 is 11.6 Å². The fourth-order valence-corrected chi connectivity index (χ4v) is 3.88. The number of piperazine rings is 1. The quantitative estimate of drug-likeness (QED) is 0.556. The van der Waals surface area contributed by atoms with Gasteiger partial charge in [-0.3, -0.25) is 9.59 Å². The zero-order chi connectivity index (χ0) is 24.7. The molecule has 178 valence electrons. The lowest BCUT2D eigenvalue weighted by Crippen LogP contribution is -2.62. The average molecular weight is 494 g/mol. The molecule has 0 unspecified atom stereocenters. The van der Waals surface area contributed by atoms with E-state index in [9.17, 15) is 22.8 Å². The van der Waals surface area contributed by atoms with Crippen molar-refractivity contribution in [2.45, 2.75) is 25.6 Å². The van der Waals surface area contributed by atoms with Crippen molar-refractivity contribution in [3.05, 3.63) is 65.2 Å². The molecular formula is C21H19ClF3N7O2. The van der Waals surface area contributed by atoms with Gasteiger partial charge in [0, 0.05) is 30.9 Å². The highest BCUT2D eigenvalue weighted by Crippen LogP contribution is 2.28. The summed E-state index contributed by atoms with van der Waals surface area (Å²) in [6.07, 6.45) is -2.39. The maximum absolute atomic E-state index is 13.1. The summed E-state index contributed by atoms with van der Waals surface area (Å²) in [5.41, 5.74) is -1.41. The average Bonchev–Trinajstić information content (AvgIpc) is 3.27. The first-order chi connectivity index (χ1) is 16.0. The Kier molecular flexibility index (Phi) is 6.02. The maximum atomic E-state index is 13.1. The molecule has 1 aromatic carbocycles. The summed E-state index contributed by atoms with van der Waals surface area (Å²) in [5, 5.41) is 4.75. The minimum Gasteiger partial charge on any atom is -0.332 e. The summed E-state index contributed by atoms with van der Waals surface area (Å²) in [6.45, 7) is 3.76. The van der Waals surface area contributed by atoms with Gasteiger partial charge in [0.25, 0.3) is 11.8 Å². The Hall–Kier alpha value is -3.54. The maximum Gasteiger partial charge on any atom is 0.433 e. The number of carbonyl (C=O) groups is 2.